The largest absolute Gasteiger partial charge is 0.383 e. The van der Waals surface area contributed by atoms with Gasteiger partial charge in [-0.2, -0.15) is 4.98 Å². The summed E-state index contributed by atoms with van der Waals surface area (Å²) in [6.45, 7) is 3.94. The monoisotopic (exact) mass is 450 g/mol. The van der Waals surface area contributed by atoms with Crippen molar-refractivity contribution in [2.24, 2.45) is 5.92 Å². The van der Waals surface area contributed by atoms with Crippen LogP contribution in [-0.4, -0.2) is 59.2 Å². The number of fused-ring (bicyclic) bond motifs is 1. The Kier molecular flexibility index (Phi) is 7.91. The number of methoxy groups -OCH3 is 1. The second-order valence-electron chi connectivity index (χ2n) is 8.81. The highest BCUT2D eigenvalue weighted by Crippen LogP contribution is 2.26. The van der Waals surface area contributed by atoms with Gasteiger partial charge in [-0.1, -0.05) is 18.6 Å². The van der Waals surface area contributed by atoms with Crippen molar-refractivity contribution in [2.45, 2.75) is 38.8 Å². The number of aryl methyl sites for hydroxylation is 1. The molecule has 176 valence electrons. The number of hydrogen-bond donors (Lipinski definition) is 2. The van der Waals surface area contributed by atoms with Gasteiger partial charge >= 0.3 is 0 Å². The number of carbonyl (C=O) groups is 1. The fraction of sp³-hybridized carbons (Fsp3) is 0.480. The van der Waals surface area contributed by atoms with Crippen LogP contribution in [0.3, 0.4) is 0 Å². The highest BCUT2D eigenvalue weighted by molar-refractivity contribution is 5.79. The summed E-state index contributed by atoms with van der Waals surface area (Å²) in [5.41, 5.74) is 3.07. The van der Waals surface area contributed by atoms with Crippen LogP contribution in [-0.2, 0) is 22.6 Å². The van der Waals surface area contributed by atoms with Gasteiger partial charge in [0.05, 0.1) is 6.61 Å². The van der Waals surface area contributed by atoms with Gasteiger partial charge in [-0.15, -0.1) is 0 Å². The molecule has 2 aromatic heterocycles. The minimum absolute atomic E-state index is 0.208. The summed E-state index contributed by atoms with van der Waals surface area (Å²) < 4.78 is 7.28. The van der Waals surface area contributed by atoms with Gasteiger partial charge in [-0.3, -0.25) is 9.69 Å². The fourth-order valence-electron chi connectivity index (χ4n) is 4.00. The van der Waals surface area contributed by atoms with Crippen molar-refractivity contribution in [3.8, 4) is 0 Å². The molecule has 2 N–H and O–H groups in total. The highest BCUT2D eigenvalue weighted by atomic mass is 16.5. The molecule has 2 heterocycles. The number of nitrogens with zero attached hydrogens (tertiary/aromatic N) is 4. The Balaban J connectivity index is 1.35. The first-order chi connectivity index (χ1) is 16.1. The molecule has 1 aliphatic carbocycles. The maximum Gasteiger partial charge on any atom is 0.229 e. The van der Waals surface area contributed by atoms with Crippen molar-refractivity contribution in [3.63, 3.8) is 0 Å². The lowest BCUT2D eigenvalue weighted by Crippen LogP contribution is -2.35. The molecule has 0 bridgehead atoms. The fourth-order valence-corrected chi connectivity index (χ4v) is 4.00. The van der Waals surface area contributed by atoms with E-state index in [2.05, 4.69) is 44.3 Å². The van der Waals surface area contributed by atoms with Gasteiger partial charge in [0.25, 0.3) is 0 Å². The van der Waals surface area contributed by atoms with Crippen LogP contribution in [0.5, 0.6) is 0 Å². The van der Waals surface area contributed by atoms with Gasteiger partial charge < -0.3 is 19.9 Å². The third-order valence-electron chi connectivity index (χ3n) is 6.17. The minimum atomic E-state index is 0.208. The Morgan fingerprint density at radius 3 is 2.97 bits per heavy atom. The zero-order valence-corrected chi connectivity index (χ0v) is 19.6. The van der Waals surface area contributed by atoms with Crippen LogP contribution in [0.15, 0.2) is 42.7 Å². The SMILES string of the molecule is COCCN(C)Cc1cccc(Nc2ncc3ccn(CCCNC(=O)C4CCC4)c3n2)c1. The first kappa shape index (κ1) is 23.2. The lowest BCUT2D eigenvalue weighted by molar-refractivity contribution is -0.127. The molecule has 0 unspecified atom stereocenters. The summed E-state index contributed by atoms with van der Waals surface area (Å²) in [5.74, 6) is 1.02. The average molecular weight is 451 g/mol. The molecule has 0 aliphatic heterocycles. The first-order valence-electron chi connectivity index (χ1n) is 11.8. The predicted molar refractivity (Wildman–Crippen MR) is 130 cm³/mol. The molecule has 1 saturated carbocycles. The molecular weight excluding hydrogens is 416 g/mol. The van der Waals surface area contributed by atoms with Gasteiger partial charge in [0, 0.05) is 62.7 Å². The maximum absolute atomic E-state index is 12.0. The summed E-state index contributed by atoms with van der Waals surface area (Å²) in [7, 11) is 3.81. The third-order valence-corrected chi connectivity index (χ3v) is 6.17. The van der Waals surface area contributed by atoms with E-state index in [1.807, 2.05) is 30.6 Å². The summed E-state index contributed by atoms with van der Waals surface area (Å²) in [5, 5.41) is 7.41. The molecule has 1 fully saturated rings. The van der Waals surface area contributed by atoms with E-state index >= 15 is 0 Å². The summed E-state index contributed by atoms with van der Waals surface area (Å²) in [6.07, 6.45) is 8.00. The molecule has 0 saturated heterocycles. The van der Waals surface area contributed by atoms with Crippen LogP contribution in [0.2, 0.25) is 0 Å². The molecule has 1 aromatic carbocycles. The number of carbonyl (C=O) groups excluding carboxylic acids is 1. The zero-order valence-electron chi connectivity index (χ0n) is 19.6. The normalized spacial score (nSPS) is 13.9. The average Bonchev–Trinajstić information content (AvgIpc) is 3.16. The quantitative estimate of drug-likeness (QED) is 0.411. The van der Waals surface area contributed by atoms with Crippen molar-refractivity contribution in [1.82, 2.24) is 24.8 Å². The standard InChI is InChI=1S/C25H34N6O2/c1-30(14-15-33-2)18-19-6-3-9-22(16-19)28-25-27-17-21-10-13-31(23(21)29-25)12-5-11-26-24(32)20-7-4-8-20/h3,6,9-10,13,16-17,20H,4-5,7-8,11-12,14-15,18H2,1-2H3,(H,26,32)(H,27,28,29). The Labute approximate surface area is 195 Å². The van der Waals surface area contributed by atoms with Gasteiger partial charge in [-0.25, -0.2) is 4.98 Å². The third kappa shape index (κ3) is 6.30. The van der Waals surface area contributed by atoms with Gasteiger partial charge in [0.15, 0.2) is 0 Å². The summed E-state index contributed by atoms with van der Waals surface area (Å²) in [4.78, 5) is 23.5. The number of nitrogens with one attached hydrogen (secondary N) is 2. The summed E-state index contributed by atoms with van der Waals surface area (Å²) >= 11 is 0. The molecule has 1 amide bonds. The van der Waals surface area contributed by atoms with Crippen LogP contribution in [0.4, 0.5) is 11.6 Å². The van der Waals surface area contributed by atoms with E-state index in [0.29, 0.717) is 12.5 Å². The van der Waals surface area contributed by atoms with E-state index in [0.717, 1.165) is 62.2 Å². The topological polar surface area (TPSA) is 84.3 Å². The molecule has 3 aromatic rings. The van der Waals surface area contributed by atoms with Crippen molar-refractivity contribution in [1.29, 1.82) is 0 Å². The van der Waals surface area contributed by atoms with E-state index < -0.39 is 0 Å². The number of benzene rings is 1. The zero-order chi connectivity index (χ0) is 23.0. The molecule has 4 rings (SSSR count). The van der Waals surface area contributed by atoms with Crippen LogP contribution in [0, 0.1) is 5.92 Å². The van der Waals surface area contributed by atoms with E-state index in [4.69, 9.17) is 9.72 Å². The van der Waals surface area contributed by atoms with Crippen LogP contribution < -0.4 is 10.6 Å². The maximum atomic E-state index is 12.0. The summed E-state index contributed by atoms with van der Waals surface area (Å²) in [6, 6.07) is 10.3. The Bertz CT molecular complexity index is 1060. The highest BCUT2D eigenvalue weighted by Gasteiger charge is 2.24. The Morgan fingerprint density at radius 1 is 1.30 bits per heavy atom. The van der Waals surface area contributed by atoms with E-state index in [1.165, 1.54) is 12.0 Å². The second kappa shape index (κ2) is 11.2. The number of anilines is 2. The van der Waals surface area contributed by atoms with Crippen molar-refractivity contribution < 1.29 is 9.53 Å². The molecule has 0 radical (unpaired) electrons. The van der Waals surface area contributed by atoms with Crippen LogP contribution in [0.25, 0.3) is 11.0 Å². The van der Waals surface area contributed by atoms with Gasteiger partial charge in [-0.05, 0) is 50.1 Å². The molecular formula is C25H34N6O2. The smallest absolute Gasteiger partial charge is 0.229 e. The molecule has 0 atom stereocenters. The second-order valence-corrected chi connectivity index (χ2v) is 8.81. The number of rotatable bonds is 12. The number of amides is 1. The van der Waals surface area contributed by atoms with E-state index in [-0.39, 0.29) is 11.8 Å². The van der Waals surface area contributed by atoms with Crippen molar-refractivity contribution >= 4 is 28.6 Å². The van der Waals surface area contributed by atoms with E-state index in [9.17, 15) is 4.79 Å². The molecule has 8 heteroatoms. The van der Waals surface area contributed by atoms with Gasteiger partial charge in [0.1, 0.15) is 5.65 Å². The van der Waals surface area contributed by atoms with Gasteiger partial charge in [0.2, 0.25) is 11.9 Å². The predicted octanol–water partition coefficient (Wildman–Crippen LogP) is 3.56. The molecule has 1 aliphatic rings. The Morgan fingerprint density at radius 2 is 2.18 bits per heavy atom. The van der Waals surface area contributed by atoms with Crippen LogP contribution in [0.1, 0.15) is 31.2 Å². The molecule has 8 nitrogen and oxygen atoms in total. The lowest BCUT2D eigenvalue weighted by Gasteiger charge is -2.24. The first-order valence-corrected chi connectivity index (χ1v) is 11.8. The number of ether oxygens (including phenoxy) is 1. The Hall–Kier alpha value is -2.97. The van der Waals surface area contributed by atoms with E-state index in [1.54, 1.807) is 7.11 Å². The minimum Gasteiger partial charge on any atom is -0.383 e. The van der Waals surface area contributed by atoms with Crippen molar-refractivity contribution in [3.05, 3.63) is 48.3 Å². The number of aromatic nitrogens is 3. The number of hydrogen-bond acceptors (Lipinski definition) is 6. The molecule has 33 heavy (non-hydrogen) atoms. The lowest BCUT2D eigenvalue weighted by atomic mass is 9.85. The van der Waals surface area contributed by atoms with Crippen molar-refractivity contribution in [2.75, 3.05) is 39.2 Å². The number of likely N-dealkylation sites (N-methyl/N-ethyl adjacent to an activating group) is 1. The van der Waals surface area contributed by atoms with Crippen LogP contribution >= 0.6 is 0 Å². The molecule has 0 spiro atoms.